The third-order valence-corrected chi connectivity index (χ3v) is 10.5. The van der Waals surface area contributed by atoms with Gasteiger partial charge >= 0.3 is 0 Å². The quantitative estimate of drug-likeness (QED) is 0.120. The van der Waals surface area contributed by atoms with Crippen LogP contribution in [-0.2, 0) is 21.8 Å². The fourth-order valence-electron chi connectivity index (χ4n) is 4.16. The van der Waals surface area contributed by atoms with Crippen LogP contribution >= 0.6 is 11.6 Å². The molecule has 0 bridgehead atoms. The van der Waals surface area contributed by atoms with Crippen molar-refractivity contribution in [3.63, 3.8) is 0 Å². The number of hydrogen-bond donors (Lipinski definition) is 1. The molecule has 0 aliphatic heterocycles. The smallest absolute Gasteiger partial charge is 0.269 e. The van der Waals surface area contributed by atoms with Crippen LogP contribution in [0, 0.1) is 24.4 Å². The number of benzene rings is 3. The van der Waals surface area contributed by atoms with E-state index in [0.29, 0.717) is 44.6 Å². The molecule has 0 saturated heterocycles. The molecule has 42 heavy (non-hydrogen) atoms. The van der Waals surface area contributed by atoms with Crippen LogP contribution in [0.1, 0.15) is 5.56 Å². The van der Waals surface area contributed by atoms with E-state index in [1.807, 2.05) is 0 Å². The Hall–Kier alpha value is -3.39. The van der Waals surface area contributed by atoms with Crippen molar-refractivity contribution in [3.05, 3.63) is 87.2 Å². The fourth-order valence-corrected chi connectivity index (χ4v) is 6.71. The average Bonchev–Trinajstić information content (AvgIpc) is 2.91. The van der Waals surface area contributed by atoms with Gasteiger partial charge in [0.15, 0.2) is 0 Å². The number of hydrogen-bond acceptors (Lipinski definition) is 6. The number of rotatable bonds is 10. The first-order valence-electron chi connectivity index (χ1n) is 12.9. The van der Waals surface area contributed by atoms with Crippen LogP contribution in [0.15, 0.2) is 58.5 Å². The standard InChI is InChI=1S/C28H30ClF3N4O4SSi/c1-17-21(9-10-22-25(17)28(37)35(2)15-33-22)34-27-20(32)8-11-23(26(27)29)36(16-40-12-13-42(3,4)5)41(38,39)24-14-18(30)6-7-19(24)31/h6-11,14-15,34H,12-13,16H2,1-5H3. The third kappa shape index (κ3) is 6.48. The lowest BCUT2D eigenvalue weighted by atomic mass is 10.1. The summed E-state index contributed by atoms with van der Waals surface area (Å²) >= 11 is 6.63. The zero-order chi connectivity index (χ0) is 31.0. The normalized spacial score (nSPS) is 12.1. The van der Waals surface area contributed by atoms with Crippen LogP contribution in [-0.4, -0.2) is 39.4 Å². The SMILES string of the molecule is Cc1c(Nc2c(F)ccc(N(COCC[Si](C)(C)C)S(=O)(=O)c3cc(F)ccc3F)c2Cl)ccc2ncn(C)c(=O)c12. The molecule has 0 aliphatic carbocycles. The number of aromatic nitrogens is 2. The minimum Gasteiger partial charge on any atom is -0.360 e. The van der Waals surface area contributed by atoms with Gasteiger partial charge in [-0.1, -0.05) is 31.2 Å². The van der Waals surface area contributed by atoms with Gasteiger partial charge in [0.2, 0.25) is 0 Å². The molecule has 1 aromatic heterocycles. The highest BCUT2D eigenvalue weighted by Gasteiger charge is 2.32. The Kier molecular flexibility index (Phi) is 9.07. The number of nitrogens with zero attached hydrogens (tertiary/aromatic N) is 3. The lowest BCUT2D eigenvalue weighted by Gasteiger charge is -2.27. The second-order valence-corrected chi connectivity index (χ2v) is 18.8. The first-order valence-corrected chi connectivity index (χ1v) is 18.4. The molecule has 0 amide bonds. The van der Waals surface area contributed by atoms with Gasteiger partial charge in [-0.2, -0.15) is 0 Å². The van der Waals surface area contributed by atoms with Crippen molar-refractivity contribution < 1.29 is 26.3 Å². The van der Waals surface area contributed by atoms with Crippen molar-refractivity contribution in [3.8, 4) is 0 Å². The van der Waals surface area contributed by atoms with E-state index in [1.165, 1.54) is 10.9 Å². The average molecular weight is 639 g/mol. The molecule has 0 fully saturated rings. The molecule has 0 aliphatic rings. The number of halogens is 4. The van der Waals surface area contributed by atoms with Gasteiger partial charge in [-0.15, -0.1) is 0 Å². The summed E-state index contributed by atoms with van der Waals surface area (Å²) in [6.45, 7) is 7.60. The maximum Gasteiger partial charge on any atom is 0.269 e. The number of ether oxygens (including phenoxy) is 1. The number of aryl methyl sites for hydroxylation is 2. The molecular weight excluding hydrogens is 609 g/mol. The summed E-state index contributed by atoms with van der Waals surface area (Å²) in [5, 5.41) is 2.81. The Morgan fingerprint density at radius 2 is 1.76 bits per heavy atom. The lowest BCUT2D eigenvalue weighted by Crippen LogP contribution is -2.35. The molecule has 4 aromatic rings. The third-order valence-electron chi connectivity index (χ3n) is 6.61. The van der Waals surface area contributed by atoms with Gasteiger partial charge in [0.25, 0.3) is 15.6 Å². The second-order valence-electron chi connectivity index (χ2n) is 10.9. The number of nitrogens with one attached hydrogen (secondary N) is 1. The molecule has 0 unspecified atom stereocenters. The Morgan fingerprint density at radius 3 is 2.45 bits per heavy atom. The van der Waals surface area contributed by atoms with Crippen LogP contribution in [0.5, 0.6) is 0 Å². The number of anilines is 3. The molecule has 4 rings (SSSR count). The van der Waals surface area contributed by atoms with Crippen molar-refractivity contribution in [1.29, 1.82) is 0 Å². The highest BCUT2D eigenvalue weighted by molar-refractivity contribution is 7.92. The minimum atomic E-state index is -4.78. The summed E-state index contributed by atoms with van der Waals surface area (Å²) in [6, 6.07) is 8.04. The maximum absolute atomic E-state index is 15.2. The summed E-state index contributed by atoms with van der Waals surface area (Å²) < 4.78 is 79.0. The summed E-state index contributed by atoms with van der Waals surface area (Å²) in [6.07, 6.45) is 1.39. The molecule has 1 N–H and O–H groups in total. The predicted molar refractivity (Wildman–Crippen MR) is 161 cm³/mol. The molecule has 1 heterocycles. The van der Waals surface area contributed by atoms with Crippen LogP contribution in [0.2, 0.25) is 30.7 Å². The van der Waals surface area contributed by atoms with Crippen LogP contribution < -0.4 is 15.2 Å². The largest absolute Gasteiger partial charge is 0.360 e. The molecule has 0 saturated carbocycles. The predicted octanol–water partition coefficient (Wildman–Crippen LogP) is 6.56. The highest BCUT2D eigenvalue weighted by atomic mass is 35.5. The van der Waals surface area contributed by atoms with Crippen molar-refractivity contribution in [2.24, 2.45) is 7.05 Å². The van der Waals surface area contributed by atoms with Crippen molar-refractivity contribution in [2.45, 2.75) is 37.5 Å². The van der Waals surface area contributed by atoms with E-state index in [0.717, 1.165) is 18.2 Å². The zero-order valence-corrected chi connectivity index (χ0v) is 26.2. The fraction of sp³-hybridized carbons (Fsp3) is 0.286. The van der Waals surface area contributed by atoms with Crippen molar-refractivity contribution >= 4 is 57.7 Å². The van der Waals surface area contributed by atoms with Gasteiger partial charge in [0, 0.05) is 27.4 Å². The van der Waals surface area contributed by atoms with E-state index in [4.69, 9.17) is 16.3 Å². The minimum absolute atomic E-state index is 0.205. The monoisotopic (exact) mass is 638 g/mol. The van der Waals surface area contributed by atoms with E-state index in [9.17, 15) is 22.0 Å². The number of fused-ring (bicyclic) bond motifs is 1. The molecule has 0 spiro atoms. The first-order chi connectivity index (χ1) is 19.6. The van der Waals surface area contributed by atoms with E-state index in [-0.39, 0.29) is 28.6 Å². The first kappa shape index (κ1) is 31.5. The Morgan fingerprint density at radius 1 is 1.07 bits per heavy atom. The Balaban J connectivity index is 1.81. The molecular formula is C28H30ClF3N4O4SSi. The lowest BCUT2D eigenvalue weighted by molar-refractivity contribution is 0.156. The Bertz CT molecular complexity index is 1830. The molecule has 8 nitrogen and oxygen atoms in total. The topological polar surface area (TPSA) is 93.5 Å². The van der Waals surface area contributed by atoms with Crippen LogP contribution in [0.4, 0.5) is 30.2 Å². The van der Waals surface area contributed by atoms with E-state index in [2.05, 4.69) is 29.9 Å². The summed E-state index contributed by atoms with van der Waals surface area (Å²) in [5.74, 6) is -2.96. The van der Waals surface area contributed by atoms with Gasteiger partial charge in [-0.25, -0.2) is 30.9 Å². The van der Waals surface area contributed by atoms with Crippen molar-refractivity contribution in [2.75, 3.05) is 23.0 Å². The zero-order valence-electron chi connectivity index (χ0n) is 23.6. The summed E-state index contributed by atoms with van der Waals surface area (Å²) in [5.41, 5.74) is 0.385. The second kappa shape index (κ2) is 12.1. The highest BCUT2D eigenvalue weighted by Crippen LogP contribution is 2.40. The summed E-state index contributed by atoms with van der Waals surface area (Å²) in [4.78, 5) is 16.1. The molecule has 224 valence electrons. The summed E-state index contributed by atoms with van der Waals surface area (Å²) in [7, 11) is -4.78. The molecule has 3 aromatic carbocycles. The maximum atomic E-state index is 15.2. The van der Waals surface area contributed by atoms with Gasteiger partial charge in [-0.05, 0) is 61.0 Å². The number of sulfonamides is 1. The van der Waals surface area contributed by atoms with Gasteiger partial charge in [0.05, 0.1) is 33.6 Å². The van der Waals surface area contributed by atoms with Crippen LogP contribution in [0.3, 0.4) is 0 Å². The van der Waals surface area contributed by atoms with E-state index < -0.39 is 47.2 Å². The molecule has 14 heteroatoms. The van der Waals surface area contributed by atoms with Gasteiger partial charge in [0.1, 0.15) is 29.1 Å². The van der Waals surface area contributed by atoms with Crippen LogP contribution in [0.25, 0.3) is 10.9 Å². The Labute approximate surface area is 247 Å². The van der Waals surface area contributed by atoms with Gasteiger partial charge < -0.3 is 14.6 Å². The molecule has 0 radical (unpaired) electrons. The van der Waals surface area contributed by atoms with E-state index >= 15 is 4.39 Å². The van der Waals surface area contributed by atoms with Crippen molar-refractivity contribution in [1.82, 2.24) is 9.55 Å². The molecule has 0 atom stereocenters. The van der Waals surface area contributed by atoms with Gasteiger partial charge in [-0.3, -0.25) is 4.79 Å². The van der Waals surface area contributed by atoms with E-state index in [1.54, 1.807) is 26.1 Å².